The van der Waals surface area contributed by atoms with E-state index in [0.29, 0.717) is 12.2 Å². The van der Waals surface area contributed by atoms with Gasteiger partial charge in [0.15, 0.2) is 0 Å². The van der Waals surface area contributed by atoms with Crippen LogP contribution in [0.15, 0.2) is 18.5 Å². The Morgan fingerprint density at radius 3 is 3.07 bits per heavy atom. The van der Waals surface area contributed by atoms with Crippen LogP contribution in [0, 0.1) is 18.3 Å². The quantitative estimate of drug-likeness (QED) is 0.683. The van der Waals surface area contributed by atoms with Crippen molar-refractivity contribution in [3.05, 3.63) is 35.3 Å². The van der Waals surface area contributed by atoms with Gasteiger partial charge in [-0.25, -0.2) is 0 Å². The summed E-state index contributed by atoms with van der Waals surface area (Å²) in [5.41, 5.74) is 2.37. The second-order valence-corrected chi connectivity index (χ2v) is 2.77. The monoisotopic (exact) mass is 188 g/mol. The van der Waals surface area contributed by atoms with Gasteiger partial charge in [0.2, 0.25) is 0 Å². The summed E-state index contributed by atoms with van der Waals surface area (Å²) < 4.78 is 5.07. The van der Waals surface area contributed by atoms with Crippen molar-refractivity contribution in [3.8, 4) is 6.07 Å². The Bertz CT molecular complexity index is 377. The SMILES string of the molecule is CCOC=Cc1cc(C#N)cnc1C. The zero-order valence-electron chi connectivity index (χ0n) is 8.32. The van der Waals surface area contributed by atoms with Crippen LogP contribution >= 0.6 is 0 Å². The number of pyridine rings is 1. The van der Waals surface area contributed by atoms with Gasteiger partial charge in [0.05, 0.1) is 18.4 Å². The largest absolute Gasteiger partial charge is 0.501 e. The van der Waals surface area contributed by atoms with Gasteiger partial charge in [0, 0.05) is 17.5 Å². The molecule has 0 aliphatic heterocycles. The molecular formula is C11H12N2O. The Kier molecular flexibility index (Phi) is 3.69. The van der Waals surface area contributed by atoms with Crippen LogP contribution in [0.4, 0.5) is 0 Å². The molecule has 0 spiro atoms. The van der Waals surface area contributed by atoms with Gasteiger partial charge in [-0.3, -0.25) is 4.98 Å². The molecular weight excluding hydrogens is 176 g/mol. The molecule has 0 radical (unpaired) electrons. The maximum atomic E-state index is 8.68. The fraction of sp³-hybridized carbons (Fsp3) is 0.273. The maximum Gasteiger partial charge on any atom is 0.101 e. The predicted molar refractivity (Wildman–Crippen MR) is 54.3 cm³/mol. The van der Waals surface area contributed by atoms with E-state index in [2.05, 4.69) is 4.98 Å². The van der Waals surface area contributed by atoms with Gasteiger partial charge in [0.1, 0.15) is 6.07 Å². The molecule has 0 aromatic carbocycles. The van der Waals surface area contributed by atoms with Crippen LogP contribution in [-0.2, 0) is 4.74 Å². The molecule has 1 rings (SSSR count). The fourth-order valence-electron chi connectivity index (χ4n) is 0.998. The number of hydrogen-bond acceptors (Lipinski definition) is 3. The fourth-order valence-corrected chi connectivity index (χ4v) is 0.998. The van der Waals surface area contributed by atoms with Crippen molar-refractivity contribution in [2.24, 2.45) is 0 Å². The third kappa shape index (κ3) is 2.60. The van der Waals surface area contributed by atoms with Gasteiger partial charge >= 0.3 is 0 Å². The highest BCUT2D eigenvalue weighted by Crippen LogP contribution is 2.09. The Hall–Kier alpha value is -1.82. The van der Waals surface area contributed by atoms with Crippen molar-refractivity contribution in [2.75, 3.05) is 6.61 Å². The molecule has 72 valence electrons. The smallest absolute Gasteiger partial charge is 0.101 e. The van der Waals surface area contributed by atoms with Crippen LogP contribution in [0.25, 0.3) is 6.08 Å². The number of aryl methyl sites for hydroxylation is 1. The molecule has 0 N–H and O–H groups in total. The highest BCUT2D eigenvalue weighted by Gasteiger charge is 1.97. The molecule has 1 aromatic heterocycles. The number of aromatic nitrogens is 1. The van der Waals surface area contributed by atoms with E-state index in [1.807, 2.05) is 26.0 Å². The van der Waals surface area contributed by atoms with Gasteiger partial charge in [-0.15, -0.1) is 0 Å². The number of nitrogens with zero attached hydrogens (tertiary/aromatic N) is 2. The number of hydrogen-bond donors (Lipinski definition) is 0. The van der Waals surface area contributed by atoms with Gasteiger partial charge in [-0.1, -0.05) is 0 Å². The van der Waals surface area contributed by atoms with Gasteiger partial charge < -0.3 is 4.74 Å². The topological polar surface area (TPSA) is 45.9 Å². The number of rotatable bonds is 3. The minimum Gasteiger partial charge on any atom is -0.501 e. The van der Waals surface area contributed by atoms with Crippen molar-refractivity contribution in [1.82, 2.24) is 4.98 Å². The number of ether oxygens (including phenoxy) is 1. The van der Waals surface area contributed by atoms with Crippen LogP contribution in [-0.4, -0.2) is 11.6 Å². The van der Waals surface area contributed by atoms with E-state index in [1.54, 1.807) is 18.5 Å². The lowest BCUT2D eigenvalue weighted by atomic mass is 10.1. The second-order valence-electron chi connectivity index (χ2n) is 2.77. The third-order valence-electron chi connectivity index (χ3n) is 1.77. The summed E-state index contributed by atoms with van der Waals surface area (Å²) in [7, 11) is 0. The minimum absolute atomic E-state index is 0.562. The molecule has 0 saturated heterocycles. The van der Waals surface area contributed by atoms with Crippen LogP contribution in [0.3, 0.4) is 0 Å². The minimum atomic E-state index is 0.562. The van der Waals surface area contributed by atoms with E-state index in [1.165, 1.54) is 0 Å². The van der Waals surface area contributed by atoms with Gasteiger partial charge in [-0.05, 0) is 26.0 Å². The van der Waals surface area contributed by atoms with Crippen LogP contribution < -0.4 is 0 Å². The van der Waals surface area contributed by atoms with Crippen molar-refractivity contribution in [3.63, 3.8) is 0 Å². The lowest BCUT2D eigenvalue weighted by Crippen LogP contribution is -1.88. The van der Waals surface area contributed by atoms with Crippen molar-refractivity contribution < 1.29 is 4.74 Å². The predicted octanol–water partition coefficient (Wildman–Crippen LogP) is 2.27. The van der Waals surface area contributed by atoms with Gasteiger partial charge in [0.25, 0.3) is 0 Å². The van der Waals surface area contributed by atoms with Crippen LogP contribution in [0.2, 0.25) is 0 Å². The molecule has 14 heavy (non-hydrogen) atoms. The van der Waals surface area contributed by atoms with E-state index in [0.717, 1.165) is 11.3 Å². The number of nitriles is 1. The lowest BCUT2D eigenvalue weighted by molar-refractivity contribution is 0.272. The van der Waals surface area contributed by atoms with E-state index in [4.69, 9.17) is 10.00 Å². The molecule has 1 aromatic rings. The Balaban J connectivity index is 2.90. The molecule has 0 bridgehead atoms. The summed E-state index contributed by atoms with van der Waals surface area (Å²) in [6.45, 7) is 4.45. The molecule has 3 nitrogen and oxygen atoms in total. The molecule has 0 unspecified atom stereocenters. The first-order valence-electron chi connectivity index (χ1n) is 4.42. The third-order valence-corrected chi connectivity index (χ3v) is 1.77. The highest BCUT2D eigenvalue weighted by molar-refractivity contribution is 5.53. The normalized spacial score (nSPS) is 10.1. The molecule has 0 aliphatic rings. The summed E-state index contributed by atoms with van der Waals surface area (Å²) in [6.07, 6.45) is 4.99. The van der Waals surface area contributed by atoms with E-state index < -0.39 is 0 Å². The summed E-state index contributed by atoms with van der Waals surface area (Å²) in [5, 5.41) is 8.68. The van der Waals surface area contributed by atoms with Crippen molar-refractivity contribution in [2.45, 2.75) is 13.8 Å². The lowest BCUT2D eigenvalue weighted by Gasteiger charge is -1.99. The Labute approximate surface area is 83.7 Å². The molecule has 0 aliphatic carbocycles. The van der Waals surface area contributed by atoms with Crippen molar-refractivity contribution in [1.29, 1.82) is 5.26 Å². The Morgan fingerprint density at radius 1 is 1.64 bits per heavy atom. The summed E-state index contributed by atoms with van der Waals surface area (Å²) >= 11 is 0. The zero-order chi connectivity index (χ0) is 10.4. The highest BCUT2D eigenvalue weighted by atomic mass is 16.5. The maximum absolute atomic E-state index is 8.68. The van der Waals surface area contributed by atoms with E-state index in [9.17, 15) is 0 Å². The molecule has 3 heteroatoms. The van der Waals surface area contributed by atoms with Crippen LogP contribution in [0.5, 0.6) is 0 Å². The average Bonchev–Trinajstić information content (AvgIpc) is 2.21. The van der Waals surface area contributed by atoms with Crippen molar-refractivity contribution >= 4 is 6.08 Å². The van der Waals surface area contributed by atoms with Crippen LogP contribution in [0.1, 0.15) is 23.7 Å². The molecule has 0 amide bonds. The Morgan fingerprint density at radius 2 is 2.43 bits per heavy atom. The first kappa shape index (κ1) is 10.3. The molecule has 0 fully saturated rings. The molecule has 0 saturated carbocycles. The summed E-state index contributed by atoms with van der Waals surface area (Å²) in [4.78, 5) is 4.10. The van der Waals surface area contributed by atoms with Gasteiger partial charge in [-0.2, -0.15) is 5.26 Å². The standard InChI is InChI=1S/C11H12N2O/c1-3-14-5-4-11-6-10(7-12)8-13-9(11)2/h4-6,8H,3H2,1-2H3. The summed E-state index contributed by atoms with van der Waals surface area (Å²) in [6, 6.07) is 3.84. The second kappa shape index (κ2) is 5.03. The summed E-state index contributed by atoms with van der Waals surface area (Å²) in [5.74, 6) is 0. The zero-order valence-corrected chi connectivity index (χ0v) is 8.32. The molecule has 0 atom stereocenters. The van der Waals surface area contributed by atoms with E-state index >= 15 is 0 Å². The first-order valence-corrected chi connectivity index (χ1v) is 4.42. The molecule has 1 heterocycles. The first-order chi connectivity index (χ1) is 6.77. The van der Waals surface area contributed by atoms with E-state index in [-0.39, 0.29) is 0 Å². The average molecular weight is 188 g/mol.